The molecule has 2 aliphatic rings. The van der Waals surface area contributed by atoms with Gasteiger partial charge < -0.3 is 5.11 Å². The van der Waals surface area contributed by atoms with E-state index in [0.29, 0.717) is 5.92 Å². The highest BCUT2D eigenvalue weighted by molar-refractivity contribution is 5.32. The SMILES string of the molecule is OC1c2ccccc2CN1CC1CCN(Cc2ccc(F)cc2)CC1. The molecule has 1 N–H and O–H groups in total. The van der Waals surface area contributed by atoms with Crippen molar-refractivity contribution in [1.29, 1.82) is 0 Å². The van der Waals surface area contributed by atoms with E-state index in [1.165, 1.54) is 23.3 Å². The van der Waals surface area contributed by atoms with Crippen molar-refractivity contribution in [2.24, 2.45) is 5.92 Å². The minimum Gasteiger partial charge on any atom is -0.374 e. The first-order valence-electron chi connectivity index (χ1n) is 9.16. The topological polar surface area (TPSA) is 26.7 Å². The summed E-state index contributed by atoms with van der Waals surface area (Å²) in [4.78, 5) is 4.64. The first-order chi connectivity index (χ1) is 12.2. The lowest BCUT2D eigenvalue weighted by molar-refractivity contribution is -0.00407. The molecule has 1 atom stereocenters. The average molecular weight is 340 g/mol. The molecular formula is C21H25FN2O. The summed E-state index contributed by atoms with van der Waals surface area (Å²) in [6.07, 6.45) is 1.86. The number of hydrogen-bond donors (Lipinski definition) is 1. The molecule has 4 heteroatoms. The molecule has 2 aliphatic heterocycles. The number of fused-ring (bicyclic) bond motifs is 1. The van der Waals surface area contributed by atoms with Gasteiger partial charge in [0.25, 0.3) is 0 Å². The highest BCUT2D eigenvalue weighted by Gasteiger charge is 2.30. The van der Waals surface area contributed by atoms with Crippen LogP contribution in [-0.4, -0.2) is 34.5 Å². The van der Waals surface area contributed by atoms with Crippen LogP contribution in [0.2, 0.25) is 0 Å². The highest BCUT2D eigenvalue weighted by atomic mass is 19.1. The third-order valence-electron chi connectivity index (χ3n) is 5.57. The molecule has 0 amide bonds. The lowest BCUT2D eigenvalue weighted by Gasteiger charge is -2.34. The van der Waals surface area contributed by atoms with E-state index in [9.17, 15) is 9.50 Å². The Morgan fingerprint density at radius 2 is 1.72 bits per heavy atom. The molecule has 0 radical (unpaired) electrons. The fraction of sp³-hybridized carbons (Fsp3) is 0.429. The lowest BCUT2D eigenvalue weighted by atomic mass is 9.96. The molecular weight excluding hydrogens is 315 g/mol. The Balaban J connectivity index is 1.27. The van der Waals surface area contributed by atoms with E-state index in [0.717, 1.165) is 51.1 Å². The van der Waals surface area contributed by atoms with Gasteiger partial charge in [0, 0.05) is 19.6 Å². The zero-order valence-electron chi connectivity index (χ0n) is 14.4. The molecule has 0 aliphatic carbocycles. The van der Waals surface area contributed by atoms with Gasteiger partial charge in [-0.25, -0.2) is 4.39 Å². The van der Waals surface area contributed by atoms with Gasteiger partial charge in [-0.05, 0) is 60.7 Å². The molecule has 132 valence electrons. The van der Waals surface area contributed by atoms with E-state index >= 15 is 0 Å². The standard InChI is InChI=1S/C21H25FN2O/c22-19-7-5-16(6-8-19)13-23-11-9-17(10-12-23)14-24-15-18-3-1-2-4-20(18)21(24)25/h1-8,17,21,25H,9-15H2. The van der Waals surface area contributed by atoms with Crippen LogP contribution in [0.15, 0.2) is 48.5 Å². The Kier molecular flexibility index (Phi) is 4.84. The van der Waals surface area contributed by atoms with Crippen molar-refractivity contribution in [3.05, 3.63) is 71.0 Å². The third-order valence-corrected chi connectivity index (χ3v) is 5.57. The zero-order chi connectivity index (χ0) is 17.2. The van der Waals surface area contributed by atoms with Crippen LogP contribution in [0.1, 0.15) is 35.8 Å². The van der Waals surface area contributed by atoms with Gasteiger partial charge in [0.15, 0.2) is 0 Å². The molecule has 0 bridgehead atoms. The summed E-state index contributed by atoms with van der Waals surface area (Å²) in [5.74, 6) is 0.459. The van der Waals surface area contributed by atoms with Crippen molar-refractivity contribution >= 4 is 0 Å². The van der Waals surface area contributed by atoms with Crippen LogP contribution in [0.4, 0.5) is 4.39 Å². The summed E-state index contributed by atoms with van der Waals surface area (Å²) in [7, 11) is 0. The second-order valence-electron chi connectivity index (χ2n) is 7.35. The van der Waals surface area contributed by atoms with E-state index in [4.69, 9.17) is 0 Å². The summed E-state index contributed by atoms with van der Waals surface area (Å²) in [6, 6.07) is 15.0. The van der Waals surface area contributed by atoms with Gasteiger partial charge in [0.05, 0.1) is 0 Å². The van der Waals surface area contributed by atoms with Gasteiger partial charge in [0.1, 0.15) is 12.0 Å². The van der Waals surface area contributed by atoms with E-state index in [1.54, 1.807) is 0 Å². The van der Waals surface area contributed by atoms with Gasteiger partial charge in [-0.1, -0.05) is 36.4 Å². The maximum absolute atomic E-state index is 13.0. The predicted octanol–water partition coefficient (Wildman–Crippen LogP) is 3.54. The Labute approximate surface area is 148 Å². The van der Waals surface area contributed by atoms with Gasteiger partial charge in [0.2, 0.25) is 0 Å². The van der Waals surface area contributed by atoms with Crippen LogP contribution in [0.25, 0.3) is 0 Å². The monoisotopic (exact) mass is 340 g/mol. The van der Waals surface area contributed by atoms with Crippen LogP contribution in [-0.2, 0) is 13.1 Å². The molecule has 1 saturated heterocycles. The van der Waals surface area contributed by atoms with Crippen molar-refractivity contribution in [3.63, 3.8) is 0 Å². The Bertz CT molecular complexity index is 710. The van der Waals surface area contributed by atoms with Gasteiger partial charge in [-0.15, -0.1) is 0 Å². The number of hydrogen-bond acceptors (Lipinski definition) is 3. The number of halogens is 1. The molecule has 4 rings (SSSR count). The molecule has 0 spiro atoms. The summed E-state index contributed by atoms with van der Waals surface area (Å²) in [5, 5.41) is 10.5. The number of rotatable bonds is 4. The molecule has 2 heterocycles. The zero-order valence-corrected chi connectivity index (χ0v) is 14.4. The van der Waals surface area contributed by atoms with Crippen LogP contribution in [0, 0.1) is 11.7 Å². The molecule has 1 fully saturated rings. The smallest absolute Gasteiger partial charge is 0.134 e. The normalized spacial score (nSPS) is 22.2. The Hall–Kier alpha value is -1.75. The molecule has 25 heavy (non-hydrogen) atoms. The maximum Gasteiger partial charge on any atom is 0.134 e. The Morgan fingerprint density at radius 1 is 1.00 bits per heavy atom. The molecule has 2 aromatic rings. The van der Waals surface area contributed by atoms with Gasteiger partial charge in [-0.3, -0.25) is 9.80 Å². The predicted molar refractivity (Wildman–Crippen MR) is 96.2 cm³/mol. The van der Waals surface area contributed by atoms with Crippen LogP contribution >= 0.6 is 0 Å². The number of benzene rings is 2. The Morgan fingerprint density at radius 3 is 2.44 bits per heavy atom. The minimum atomic E-state index is -0.451. The number of likely N-dealkylation sites (tertiary alicyclic amines) is 1. The van der Waals surface area contributed by atoms with Crippen molar-refractivity contribution < 1.29 is 9.50 Å². The molecule has 2 aromatic carbocycles. The molecule has 0 aromatic heterocycles. The number of piperidine rings is 1. The van der Waals surface area contributed by atoms with E-state index in [2.05, 4.69) is 15.9 Å². The lowest BCUT2D eigenvalue weighted by Crippen LogP contribution is -2.38. The molecule has 3 nitrogen and oxygen atoms in total. The van der Waals surface area contributed by atoms with Crippen molar-refractivity contribution in [2.75, 3.05) is 19.6 Å². The number of nitrogens with zero attached hydrogens (tertiary/aromatic N) is 2. The summed E-state index contributed by atoms with van der Waals surface area (Å²) < 4.78 is 13.0. The first-order valence-corrected chi connectivity index (χ1v) is 9.16. The minimum absolute atomic E-state index is 0.173. The van der Waals surface area contributed by atoms with Crippen molar-refractivity contribution in [3.8, 4) is 0 Å². The first kappa shape index (κ1) is 16.7. The third kappa shape index (κ3) is 3.76. The largest absolute Gasteiger partial charge is 0.374 e. The second-order valence-corrected chi connectivity index (χ2v) is 7.35. The van der Waals surface area contributed by atoms with Crippen LogP contribution in [0.5, 0.6) is 0 Å². The maximum atomic E-state index is 13.0. The van der Waals surface area contributed by atoms with Crippen molar-refractivity contribution in [2.45, 2.75) is 32.2 Å². The molecule has 1 unspecified atom stereocenters. The van der Waals surface area contributed by atoms with Crippen LogP contribution < -0.4 is 0 Å². The number of aliphatic hydroxyl groups is 1. The number of aliphatic hydroxyl groups excluding tert-OH is 1. The highest BCUT2D eigenvalue weighted by Crippen LogP contribution is 2.33. The fourth-order valence-electron chi connectivity index (χ4n) is 4.10. The van der Waals surface area contributed by atoms with Gasteiger partial charge in [-0.2, -0.15) is 0 Å². The quantitative estimate of drug-likeness (QED) is 0.922. The fourth-order valence-corrected chi connectivity index (χ4v) is 4.10. The van der Waals surface area contributed by atoms with Crippen molar-refractivity contribution in [1.82, 2.24) is 9.80 Å². The summed E-state index contributed by atoms with van der Waals surface area (Å²) in [6.45, 7) is 4.84. The molecule has 0 saturated carbocycles. The summed E-state index contributed by atoms with van der Waals surface area (Å²) >= 11 is 0. The second kappa shape index (κ2) is 7.24. The van der Waals surface area contributed by atoms with Crippen LogP contribution in [0.3, 0.4) is 0 Å². The van der Waals surface area contributed by atoms with E-state index in [-0.39, 0.29) is 5.82 Å². The van der Waals surface area contributed by atoms with E-state index < -0.39 is 6.23 Å². The average Bonchev–Trinajstić information content (AvgIpc) is 2.95. The summed E-state index contributed by atoms with van der Waals surface area (Å²) in [5.41, 5.74) is 3.49. The van der Waals surface area contributed by atoms with Gasteiger partial charge >= 0.3 is 0 Å². The van der Waals surface area contributed by atoms with E-state index in [1.807, 2.05) is 30.3 Å².